The first kappa shape index (κ1) is 18.3. The molecular weight excluding hydrogens is 354 g/mol. The minimum Gasteiger partial charge on any atom is -0.338 e. The first-order chi connectivity index (χ1) is 13.5. The van der Waals surface area contributed by atoms with Crippen molar-refractivity contribution < 1.29 is 9.59 Å². The van der Waals surface area contributed by atoms with Crippen LogP contribution in [-0.2, 0) is 11.2 Å². The van der Waals surface area contributed by atoms with Gasteiger partial charge in [0, 0.05) is 37.5 Å². The van der Waals surface area contributed by atoms with Gasteiger partial charge in [-0.05, 0) is 25.8 Å². The van der Waals surface area contributed by atoms with Crippen molar-refractivity contribution in [3.05, 3.63) is 59.2 Å². The number of nitrogens with zero attached hydrogens (tertiary/aromatic N) is 4. The second kappa shape index (κ2) is 7.14. The van der Waals surface area contributed by atoms with Crippen molar-refractivity contribution in [2.24, 2.45) is 4.99 Å². The lowest BCUT2D eigenvalue weighted by atomic mass is 9.88. The number of aliphatic imine (C=N–C) groups is 1. The van der Waals surface area contributed by atoms with Gasteiger partial charge in [-0.25, -0.2) is 9.97 Å². The summed E-state index contributed by atoms with van der Waals surface area (Å²) in [4.78, 5) is 40.3. The third kappa shape index (κ3) is 3.28. The Morgan fingerprint density at radius 1 is 1.21 bits per heavy atom. The number of likely N-dealkylation sites (tertiary alicyclic amines) is 1. The zero-order valence-electron chi connectivity index (χ0n) is 16.1. The molecule has 0 unspecified atom stereocenters. The molecule has 144 valence electrons. The van der Waals surface area contributed by atoms with E-state index < -0.39 is 5.54 Å². The van der Waals surface area contributed by atoms with Gasteiger partial charge in [-0.1, -0.05) is 30.7 Å². The largest absolute Gasteiger partial charge is 0.338 e. The monoisotopic (exact) mass is 377 g/mol. The molecule has 7 nitrogen and oxygen atoms in total. The Balaban J connectivity index is 1.48. The maximum Gasteiger partial charge on any atom is 0.256 e. The van der Waals surface area contributed by atoms with Crippen LogP contribution in [0.1, 0.15) is 47.1 Å². The van der Waals surface area contributed by atoms with Gasteiger partial charge in [-0.15, -0.1) is 0 Å². The number of aryl methyl sites for hydroxylation is 2. The number of benzene rings is 1. The van der Waals surface area contributed by atoms with Crippen molar-refractivity contribution in [2.75, 3.05) is 13.1 Å². The molecule has 0 radical (unpaired) electrons. The quantitative estimate of drug-likeness (QED) is 0.885. The van der Waals surface area contributed by atoms with Gasteiger partial charge >= 0.3 is 0 Å². The molecule has 1 spiro atoms. The second-order valence-electron chi connectivity index (χ2n) is 7.35. The molecule has 4 rings (SSSR count). The number of rotatable bonds is 3. The van der Waals surface area contributed by atoms with Crippen LogP contribution in [0.2, 0.25) is 0 Å². The van der Waals surface area contributed by atoms with E-state index in [4.69, 9.17) is 4.99 Å². The van der Waals surface area contributed by atoms with E-state index in [-0.39, 0.29) is 11.8 Å². The van der Waals surface area contributed by atoms with Gasteiger partial charge < -0.3 is 10.2 Å². The summed E-state index contributed by atoms with van der Waals surface area (Å²) in [5.41, 5.74) is 1.73. The Hall–Kier alpha value is -3.09. The van der Waals surface area contributed by atoms with Crippen molar-refractivity contribution in [1.82, 2.24) is 20.2 Å². The summed E-state index contributed by atoms with van der Waals surface area (Å²) in [5.74, 6) is 1.16. The highest BCUT2D eigenvalue weighted by atomic mass is 16.2. The van der Waals surface area contributed by atoms with E-state index in [0.29, 0.717) is 37.3 Å². The van der Waals surface area contributed by atoms with Crippen LogP contribution < -0.4 is 5.32 Å². The Morgan fingerprint density at radius 2 is 1.93 bits per heavy atom. The average molecular weight is 377 g/mol. The summed E-state index contributed by atoms with van der Waals surface area (Å²) in [5, 5.41) is 2.93. The lowest BCUT2D eigenvalue weighted by Gasteiger charge is -2.35. The number of aromatic nitrogens is 2. The molecule has 0 bridgehead atoms. The maximum absolute atomic E-state index is 12.7. The number of carbonyl (C=O) groups excluding carboxylic acids is 2. The molecule has 7 heteroatoms. The average Bonchev–Trinajstić information content (AvgIpc) is 3.04. The molecule has 0 saturated carbocycles. The molecule has 1 aromatic carbocycles. The summed E-state index contributed by atoms with van der Waals surface area (Å²) in [6.45, 7) is 4.94. The van der Waals surface area contributed by atoms with Crippen LogP contribution in [0, 0.1) is 6.92 Å². The Bertz CT molecular complexity index is 944. The van der Waals surface area contributed by atoms with Gasteiger partial charge in [0.2, 0.25) is 0 Å². The molecular formula is C21H23N5O2. The Kier molecular flexibility index (Phi) is 4.66. The standard InChI is InChI=1S/C21H23N5O2/c1-3-17-22-12-16(13-23-17)19(27)26-9-7-21(8-10-26)20(28)24-18(25-21)15-6-4-5-14(2)11-15/h4-6,11-13H,3,7-10H2,1-2H3,(H,24,25,28). The zero-order valence-corrected chi connectivity index (χ0v) is 16.1. The van der Waals surface area contributed by atoms with Crippen molar-refractivity contribution in [1.29, 1.82) is 0 Å². The lowest BCUT2D eigenvalue weighted by molar-refractivity contribution is -0.125. The fourth-order valence-corrected chi connectivity index (χ4v) is 3.69. The van der Waals surface area contributed by atoms with Crippen LogP contribution in [-0.4, -0.2) is 51.1 Å². The van der Waals surface area contributed by atoms with E-state index in [1.54, 1.807) is 17.3 Å². The van der Waals surface area contributed by atoms with E-state index in [9.17, 15) is 9.59 Å². The molecule has 2 amide bonds. The Labute approximate surface area is 163 Å². The molecule has 1 aromatic heterocycles. The van der Waals surface area contributed by atoms with Gasteiger partial charge in [0.25, 0.3) is 11.8 Å². The number of amides is 2. The first-order valence-electron chi connectivity index (χ1n) is 9.59. The number of hydrogen-bond donors (Lipinski definition) is 1. The minimum atomic E-state index is -0.779. The van der Waals surface area contributed by atoms with E-state index in [0.717, 1.165) is 23.4 Å². The lowest BCUT2D eigenvalue weighted by Crippen LogP contribution is -2.50. The smallest absolute Gasteiger partial charge is 0.256 e. The SMILES string of the molecule is CCc1ncc(C(=O)N2CCC3(CC2)N=C(c2cccc(C)c2)NC3=O)cn1. The summed E-state index contributed by atoms with van der Waals surface area (Å²) in [6, 6.07) is 7.93. The third-order valence-corrected chi connectivity index (χ3v) is 5.42. The number of nitrogens with one attached hydrogen (secondary N) is 1. The fourth-order valence-electron chi connectivity index (χ4n) is 3.69. The summed E-state index contributed by atoms with van der Waals surface area (Å²) >= 11 is 0. The van der Waals surface area contributed by atoms with Crippen molar-refractivity contribution in [3.63, 3.8) is 0 Å². The highest BCUT2D eigenvalue weighted by molar-refractivity contribution is 6.15. The van der Waals surface area contributed by atoms with E-state index >= 15 is 0 Å². The van der Waals surface area contributed by atoms with Gasteiger partial charge in [0.05, 0.1) is 5.56 Å². The van der Waals surface area contributed by atoms with Crippen molar-refractivity contribution >= 4 is 17.6 Å². The van der Waals surface area contributed by atoms with Gasteiger partial charge in [0.1, 0.15) is 17.2 Å². The third-order valence-electron chi connectivity index (χ3n) is 5.42. The molecule has 1 N–H and O–H groups in total. The Morgan fingerprint density at radius 3 is 2.57 bits per heavy atom. The van der Waals surface area contributed by atoms with Crippen LogP contribution in [0.5, 0.6) is 0 Å². The second-order valence-corrected chi connectivity index (χ2v) is 7.35. The molecule has 0 aliphatic carbocycles. The minimum absolute atomic E-state index is 0.0771. The zero-order chi connectivity index (χ0) is 19.7. The molecule has 2 aliphatic rings. The molecule has 2 aromatic rings. The normalized spacial score (nSPS) is 18.1. The number of hydrogen-bond acceptors (Lipinski definition) is 5. The predicted octanol–water partition coefficient (Wildman–Crippen LogP) is 1.90. The van der Waals surface area contributed by atoms with Crippen molar-refractivity contribution in [3.8, 4) is 0 Å². The highest BCUT2D eigenvalue weighted by Crippen LogP contribution is 2.31. The van der Waals surface area contributed by atoms with Crippen molar-refractivity contribution in [2.45, 2.75) is 38.6 Å². The molecule has 28 heavy (non-hydrogen) atoms. The molecule has 3 heterocycles. The van der Waals surface area contributed by atoms with Gasteiger partial charge in [-0.2, -0.15) is 0 Å². The molecule has 2 aliphatic heterocycles. The van der Waals surface area contributed by atoms with E-state index in [2.05, 4.69) is 15.3 Å². The van der Waals surface area contributed by atoms with Crippen LogP contribution in [0.25, 0.3) is 0 Å². The van der Waals surface area contributed by atoms with E-state index in [1.807, 2.05) is 38.1 Å². The number of amidine groups is 1. The van der Waals surface area contributed by atoms with Crippen LogP contribution in [0.15, 0.2) is 41.7 Å². The first-order valence-corrected chi connectivity index (χ1v) is 9.59. The molecule has 0 atom stereocenters. The topological polar surface area (TPSA) is 87.5 Å². The fraction of sp³-hybridized carbons (Fsp3) is 0.381. The summed E-state index contributed by atoms with van der Waals surface area (Å²) in [6.07, 6.45) is 4.91. The van der Waals surface area contributed by atoms with Crippen LogP contribution >= 0.6 is 0 Å². The molecule has 1 saturated heterocycles. The van der Waals surface area contributed by atoms with Gasteiger partial charge in [-0.3, -0.25) is 14.6 Å². The maximum atomic E-state index is 12.7. The van der Waals surface area contributed by atoms with Gasteiger partial charge in [0.15, 0.2) is 0 Å². The molecule has 1 fully saturated rings. The predicted molar refractivity (Wildman–Crippen MR) is 105 cm³/mol. The number of piperidine rings is 1. The summed E-state index contributed by atoms with van der Waals surface area (Å²) < 4.78 is 0. The van der Waals surface area contributed by atoms with Crippen LogP contribution in [0.3, 0.4) is 0 Å². The number of carbonyl (C=O) groups is 2. The van der Waals surface area contributed by atoms with E-state index in [1.165, 1.54) is 0 Å². The summed E-state index contributed by atoms with van der Waals surface area (Å²) in [7, 11) is 0. The highest BCUT2D eigenvalue weighted by Gasteiger charge is 2.46. The van der Waals surface area contributed by atoms with Crippen LogP contribution in [0.4, 0.5) is 0 Å².